The Bertz CT molecular complexity index is 1170. The second-order valence-electron chi connectivity index (χ2n) is 9.68. The maximum atomic E-state index is 12.5. The first-order chi connectivity index (χ1) is 15.9. The zero-order valence-electron chi connectivity index (χ0n) is 19.1. The Morgan fingerprint density at radius 2 is 1.82 bits per heavy atom. The summed E-state index contributed by atoms with van der Waals surface area (Å²) in [5, 5.41) is 7.87. The summed E-state index contributed by atoms with van der Waals surface area (Å²) in [6.45, 7) is 0.762. The van der Waals surface area contributed by atoms with Crippen LogP contribution >= 0.6 is 22.6 Å². The summed E-state index contributed by atoms with van der Waals surface area (Å²) in [5.41, 5.74) is 2.10. The number of anilines is 2. The quantitative estimate of drug-likeness (QED) is 0.415. The van der Waals surface area contributed by atoms with Crippen molar-refractivity contribution in [3.05, 3.63) is 57.7 Å². The second kappa shape index (κ2) is 9.08. The van der Waals surface area contributed by atoms with Crippen LogP contribution in [0.2, 0.25) is 0 Å². The van der Waals surface area contributed by atoms with E-state index in [1.807, 2.05) is 61.5 Å². The van der Waals surface area contributed by atoms with Crippen LogP contribution in [0.5, 0.6) is 0 Å². The fourth-order valence-electron chi connectivity index (χ4n) is 5.16. The van der Waals surface area contributed by atoms with Gasteiger partial charge in [-0.1, -0.05) is 24.3 Å². The number of fused-ring (bicyclic) bond motifs is 1. The molecule has 3 aromatic rings. The molecule has 2 aliphatic carbocycles. The molecule has 7 heteroatoms. The van der Waals surface area contributed by atoms with E-state index in [1.165, 1.54) is 19.3 Å². The summed E-state index contributed by atoms with van der Waals surface area (Å²) in [6, 6.07) is 16.4. The van der Waals surface area contributed by atoms with Gasteiger partial charge in [0.15, 0.2) is 0 Å². The molecule has 33 heavy (non-hydrogen) atoms. The Hall–Kier alpha value is -2.42. The molecule has 1 unspecified atom stereocenters. The van der Waals surface area contributed by atoms with Crippen LogP contribution in [-0.2, 0) is 0 Å². The van der Waals surface area contributed by atoms with Gasteiger partial charge in [0.25, 0.3) is 5.91 Å². The van der Waals surface area contributed by atoms with Crippen molar-refractivity contribution in [2.75, 3.05) is 30.9 Å². The Balaban J connectivity index is 1.17. The molecule has 1 spiro atoms. The number of amides is 1. The van der Waals surface area contributed by atoms with E-state index in [-0.39, 0.29) is 5.91 Å². The molecule has 1 amide bonds. The third-order valence-electron chi connectivity index (χ3n) is 7.27. The van der Waals surface area contributed by atoms with Crippen LogP contribution < -0.4 is 15.5 Å². The Kier molecular flexibility index (Phi) is 6.16. The van der Waals surface area contributed by atoms with Crippen molar-refractivity contribution < 1.29 is 4.79 Å². The smallest absolute Gasteiger partial charge is 0.252 e. The standard InChI is InChI=1S/C26H30IN5O/c1-32(2)23-19-8-4-6-10-21(19)29-25(31-23)30-22-15-26(22)13-11-17(12-14-26)16-28-24(33)18-7-3-5-9-20(18)27/h3-10,17,22H,11-16H2,1-2H3,(H,28,33)(H,29,30,31). The number of rotatable bonds is 6. The van der Waals surface area contributed by atoms with Crippen LogP contribution in [0.4, 0.5) is 11.8 Å². The SMILES string of the molecule is CN(C)c1nc(NC2CC23CCC(CNC(=O)c2ccccc2I)CC3)nc2ccccc12. The van der Waals surface area contributed by atoms with Gasteiger partial charge >= 0.3 is 0 Å². The maximum Gasteiger partial charge on any atom is 0.252 e. The molecule has 1 heterocycles. The zero-order valence-corrected chi connectivity index (χ0v) is 21.3. The molecule has 0 bridgehead atoms. The van der Waals surface area contributed by atoms with Crippen molar-refractivity contribution in [1.29, 1.82) is 0 Å². The van der Waals surface area contributed by atoms with Gasteiger partial charge in [0.05, 0.1) is 11.1 Å². The number of hydrogen-bond acceptors (Lipinski definition) is 5. The second-order valence-corrected chi connectivity index (χ2v) is 10.8. The average molecular weight is 555 g/mol. The molecule has 2 aromatic carbocycles. The van der Waals surface area contributed by atoms with E-state index in [0.717, 1.165) is 51.2 Å². The van der Waals surface area contributed by atoms with Gasteiger partial charge in [-0.25, -0.2) is 4.98 Å². The van der Waals surface area contributed by atoms with E-state index < -0.39 is 0 Å². The van der Waals surface area contributed by atoms with Crippen LogP contribution in [0.15, 0.2) is 48.5 Å². The van der Waals surface area contributed by atoms with Crippen LogP contribution in [-0.4, -0.2) is 42.6 Å². The molecule has 2 N–H and O–H groups in total. The van der Waals surface area contributed by atoms with Crippen molar-refractivity contribution in [2.45, 2.75) is 38.1 Å². The predicted molar refractivity (Wildman–Crippen MR) is 142 cm³/mol. The number of para-hydroxylation sites is 1. The van der Waals surface area contributed by atoms with Gasteiger partial charge in [-0.2, -0.15) is 4.98 Å². The molecule has 2 aliphatic rings. The number of carbonyl (C=O) groups is 1. The minimum Gasteiger partial charge on any atom is -0.362 e. The van der Waals surface area contributed by atoms with Crippen LogP contribution in [0, 0.1) is 14.9 Å². The minimum absolute atomic E-state index is 0.0383. The largest absolute Gasteiger partial charge is 0.362 e. The van der Waals surface area contributed by atoms with E-state index >= 15 is 0 Å². The molecule has 0 aliphatic heterocycles. The Morgan fingerprint density at radius 1 is 1.09 bits per heavy atom. The highest BCUT2D eigenvalue weighted by Crippen LogP contribution is 2.58. The lowest BCUT2D eigenvalue weighted by Crippen LogP contribution is -2.32. The summed E-state index contributed by atoms with van der Waals surface area (Å²) >= 11 is 2.22. The molecular formula is C26H30IN5O. The lowest BCUT2D eigenvalue weighted by Gasteiger charge is -2.29. The molecule has 1 aromatic heterocycles. The number of nitrogens with zero attached hydrogens (tertiary/aromatic N) is 3. The van der Waals surface area contributed by atoms with Gasteiger partial charge in [-0.05, 0) is 90.3 Å². The van der Waals surface area contributed by atoms with Gasteiger partial charge < -0.3 is 15.5 Å². The molecule has 6 nitrogen and oxygen atoms in total. The molecular weight excluding hydrogens is 525 g/mol. The molecule has 2 fully saturated rings. The highest BCUT2D eigenvalue weighted by atomic mass is 127. The van der Waals surface area contributed by atoms with Gasteiger partial charge in [-0.15, -0.1) is 0 Å². The number of aromatic nitrogens is 2. The number of halogens is 1. The van der Waals surface area contributed by atoms with Gasteiger partial charge in [-0.3, -0.25) is 4.79 Å². The first kappa shape index (κ1) is 22.4. The van der Waals surface area contributed by atoms with Crippen molar-refractivity contribution in [1.82, 2.24) is 15.3 Å². The third kappa shape index (κ3) is 4.65. The monoisotopic (exact) mass is 555 g/mol. The summed E-state index contributed by atoms with van der Waals surface area (Å²) in [6.07, 6.45) is 5.89. The fraction of sp³-hybridized carbons (Fsp3) is 0.423. The first-order valence-corrected chi connectivity index (χ1v) is 12.8. The summed E-state index contributed by atoms with van der Waals surface area (Å²) in [5.74, 6) is 2.27. The topological polar surface area (TPSA) is 70.2 Å². The predicted octanol–water partition coefficient (Wildman–Crippen LogP) is 5.09. The first-order valence-electron chi connectivity index (χ1n) is 11.7. The van der Waals surface area contributed by atoms with Crippen molar-refractivity contribution in [2.24, 2.45) is 11.3 Å². The van der Waals surface area contributed by atoms with E-state index in [0.29, 0.717) is 17.4 Å². The fourth-order valence-corrected chi connectivity index (χ4v) is 5.79. The van der Waals surface area contributed by atoms with Crippen LogP contribution in [0.3, 0.4) is 0 Å². The Labute approximate surface area is 208 Å². The maximum absolute atomic E-state index is 12.5. The Morgan fingerprint density at radius 3 is 2.58 bits per heavy atom. The molecule has 1 atom stereocenters. The van der Waals surface area contributed by atoms with Crippen molar-refractivity contribution >= 4 is 51.2 Å². The third-order valence-corrected chi connectivity index (χ3v) is 8.21. The highest BCUT2D eigenvalue weighted by Gasteiger charge is 2.55. The molecule has 0 saturated heterocycles. The van der Waals surface area contributed by atoms with Gasteiger partial charge in [0.1, 0.15) is 5.82 Å². The number of benzene rings is 2. The van der Waals surface area contributed by atoms with Crippen molar-refractivity contribution in [3.8, 4) is 0 Å². The molecule has 172 valence electrons. The number of hydrogen-bond donors (Lipinski definition) is 2. The van der Waals surface area contributed by atoms with Gasteiger partial charge in [0.2, 0.25) is 5.95 Å². The van der Waals surface area contributed by atoms with Crippen molar-refractivity contribution in [3.63, 3.8) is 0 Å². The lowest BCUT2D eigenvalue weighted by atomic mass is 9.79. The summed E-state index contributed by atoms with van der Waals surface area (Å²) in [7, 11) is 4.05. The van der Waals surface area contributed by atoms with E-state index in [9.17, 15) is 4.79 Å². The summed E-state index contributed by atoms with van der Waals surface area (Å²) in [4.78, 5) is 24.2. The normalized spacial score (nSPS) is 24.0. The van der Waals surface area contributed by atoms with Crippen LogP contribution in [0.25, 0.3) is 10.9 Å². The summed E-state index contributed by atoms with van der Waals surface area (Å²) < 4.78 is 0.996. The highest BCUT2D eigenvalue weighted by molar-refractivity contribution is 14.1. The molecule has 2 saturated carbocycles. The van der Waals surface area contributed by atoms with E-state index in [1.54, 1.807) is 0 Å². The minimum atomic E-state index is 0.0383. The van der Waals surface area contributed by atoms with E-state index in [4.69, 9.17) is 9.97 Å². The number of carbonyl (C=O) groups excluding carboxylic acids is 1. The van der Waals surface area contributed by atoms with Gasteiger partial charge in [0, 0.05) is 35.6 Å². The molecule has 5 rings (SSSR count). The number of nitrogens with one attached hydrogen (secondary N) is 2. The van der Waals surface area contributed by atoms with E-state index in [2.05, 4.69) is 39.3 Å². The lowest BCUT2D eigenvalue weighted by molar-refractivity contribution is 0.0939. The average Bonchev–Trinajstić information content (AvgIpc) is 3.48. The zero-order chi connectivity index (χ0) is 23.0. The van der Waals surface area contributed by atoms with Crippen LogP contribution in [0.1, 0.15) is 42.5 Å². The molecule has 0 radical (unpaired) electrons.